The number of ether oxygens (including phenoxy) is 1. The molecule has 144 valence electrons. The van der Waals surface area contributed by atoms with Crippen LogP contribution in [0.1, 0.15) is 80.0 Å². The minimum Gasteiger partial charge on any atom is -0.460 e. The van der Waals surface area contributed by atoms with E-state index in [1.807, 2.05) is 20.8 Å². The molecule has 0 fully saturated rings. The first-order valence-corrected chi connectivity index (χ1v) is 11.1. The summed E-state index contributed by atoms with van der Waals surface area (Å²) in [5.74, 6) is -0.597. The number of hydrogen-bond donors (Lipinski definition) is 0. The van der Waals surface area contributed by atoms with Crippen LogP contribution in [0.2, 0.25) is 0 Å². The number of imide groups is 1. The molecule has 1 aliphatic rings. The zero-order valence-corrected chi connectivity index (χ0v) is 19.2. The van der Waals surface area contributed by atoms with Crippen LogP contribution in [0.3, 0.4) is 0 Å². The molecule has 0 aliphatic carbocycles. The van der Waals surface area contributed by atoms with E-state index in [9.17, 15) is 14.4 Å². The van der Waals surface area contributed by atoms with Gasteiger partial charge in [-0.3, -0.25) is 19.3 Å². The molecule has 26 heavy (non-hydrogen) atoms. The van der Waals surface area contributed by atoms with Gasteiger partial charge in [0.25, 0.3) is 11.8 Å². The first-order valence-electron chi connectivity index (χ1n) is 8.67. The molecule has 0 aromatic carbocycles. The Morgan fingerprint density at radius 1 is 0.962 bits per heavy atom. The summed E-state index contributed by atoms with van der Waals surface area (Å²) in [6.07, 6.45) is 4.82. The van der Waals surface area contributed by atoms with Crippen molar-refractivity contribution in [2.45, 2.75) is 64.9 Å². The molecular formula is C18H23Br2NO4S. The number of halogens is 2. The largest absolute Gasteiger partial charge is 0.460 e. The van der Waals surface area contributed by atoms with E-state index in [4.69, 9.17) is 4.74 Å². The summed E-state index contributed by atoms with van der Waals surface area (Å²) in [5, 5.41) is 0. The molecule has 1 aromatic rings. The minimum atomic E-state index is -0.433. The predicted molar refractivity (Wildman–Crippen MR) is 109 cm³/mol. The molecule has 0 N–H and O–H groups in total. The summed E-state index contributed by atoms with van der Waals surface area (Å²) < 4.78 is 6.66. The molecule has 2 amide bonds. The Hall–Kier alpha value is -0.730. The van der Waals surface area contributed by atoms with Crippen LogP contribution in [0.25, 0.3) is 0 Å². The maximum Gasteiger partial charge on any atom is 0.306 e. The molecule has 2 rings (SSSR count). The lowest BCUT2D eigenvalue weighted by atomic mass is 10.1. The van der Waals surface area contributed by atoms with Crippen molar-refractivity contribution in [1.82, 2.24) is 4.90 Å². The Balaban J connectivity index is 1.66. The maximum absolute atomic E-state index is 12.4. The third-order valence-corrected chi connectivity index (χ3v) is 6.45. The van der Waals surface area contributed by atoms with Crippen molar-refractivity contribution in [3.05, 3.63) is 18.7 Å². The van der Waals surface area contributed by atoms with Crippen molar-refractivity contribution in [2.24, 2.45) is 0 Å². The van der Waals surface area contributed by atoms with Gasteiger partial charge < -0.3 is 4.74 Å². The fourth-order valence-corrected chi connectivity index (χ4v) is 5.89. The Kier molecular flexibility index (Phi) is 7.44. The first-order chi connectivity index (χ1) is 12.1. The number of esters is 1. The second-order valence-corrected chi connectivity index (χ2v) is 10.9. The SMILES string of the molecule is CC(C)(C)OC(=O)CCCCCCCN1C(=O)c2c(Br)sc(Br)c2C1=O. The number of rotatable bonds is 8. The second kappa shape index (κ2) is 8.97. The normalized spacial score (nSPS) is 14.1. The maximum atomic E-state index is 12.4. The molecule has 8 heteroatoms. The van der Waals surface area contributed by atoms with E-state index >= 15 is 0 Å². The highest BCUT2D eigenvalue weighted by Gasteiger charge is 2.40. The third kappa shape index (κ3) is 5.39. The summed E-state index contributed by atoms with van der Waals surface area (Å²) in [4.78, 5) is 37.8. The third-order valence-electron chi connectivity index (χ3n) is 3.92. The number of carbonyl (C=O) groups is 3. The zero-order chi connectivity index (χ0) is 19.5. The van der Waals surface area contributed by atoms with Gasteiger partial charge >= 0.3 is 5.97 Å². The Morgan fingerprint density at radius 3 is 2.00 bits per heavy atom. The van der Waals surface area contributed by atoms with Crippen LogP contribution in [-0.4, -0.2) is 34.8 Å². The average molecular weight is 509 g/mol. The predicted octanol–water partition coefficient (Wildman–Crippen LogP) is 5.55. The number of fused-ring (bicyclic) bond motifs is 1. The average Bonchev–Trinajstić information content (AvgIpc) is 2.94. The second-order valence-electron chi connectivity index (χ2n) is 7.27. The van der Waals surface area contributed by atoms with Gasteiger partial charge in [0.15, 0.2) is 0 Å². The lowest BCUT2D eigenvalue weighted by Crippen LogP contribution is -2.31. The molecule has 0 spiro atoms. The standard InChI is InChI=1S/C18H23Br2NO4S/c1-18(2,3)25-11(22)9-7-5-4-6-8-10-21-16(23)12-13(17(21)24)15(20)26-14(12)19/h4-10H2,1-3H3. The Labute approximate surface area is 174 Å². The van der Waals surface area contributed by atoms with Gasteiger partial charge in [-0.1, -0.05) is 19.3 Å². The molecule has 5 nitrogen and oxygen atoms in total. The van der Waals surface area contributed by atoms with E-state index in [0.29, 0.717) is 31.7 Å². The number of amides is 2. The van der Waals surface area contributed by atoms with Crippen molar-refractivity contribution in [3.8, 4) is 0 Å². The van der Waals surface area contributed by atoms with Gasteiger partial charge in [0.2, 0.25) is 0 Å². The highest BCUT2D eigenvalue weighted by Crippen LogP contribution is 2.41. The number of thiophene rings is 1. The quantitative estimate of drug-likeness (QED) is 0.262. The Bertz CT molecular complexity index is 672. The number of hydrogen-bond acceptors (Lipinski definition) is 5. The van der Waals surface area contributed by atoms with Crippen molar-refractivity contribution in [1.29, 1.82) is 0 Å². The molecular weight excluding hydrogens is 486 g/mol. The molecule has 1 aliphatic heterocycles. The van der Waals surface area contributed by atoms with E-state index in [2.05, 4.69) is 31.9 Å². The smallest absolute Gasteiger partial charge is 0.306 e. The number of carbonyl (C=O) groups excluding carboxylic acids is 3. The van der Waals surface area contributed by atoms with Crippen molar-refractivity contribution in [2.75, 3.05) is 6.54 Å². The molecule has 2 heterocycles. The fourth-order valence-electron chi connectivity index (χ4n) is 2.79. The fraction of sp³-hybridized carbons (Fsp3) is 0.611. The number of nitrogens with zero attached hydrogens (tertiary/aromatic N) is 1. The van der Waals surface area contributed by atoms with Crippen LogP contribution in [0, 0.1) is 0 Å². The van der Waals surface area contributed by atoms with Crippen LogP contribution >= 0.6 is 43.2 Å². The summed E-state index contributed by atoms with van der Waals surface area (Å²) in [5.41, 5.74) is 0.519. The van der Waals surface area contributed by atoms with Crippen molar-refractivity contribution < 1.29 is 19.1 Å². The summed E-state index contributed by atoms with van der Waals surface area (Å²) in [7, 11) is 0. The first kappa shape index (κ1) is 21.6. The molecule has 0 unspecified atom stereocenters. The van der Waals surface area contributed by atoms with Gasteiger partial charge in [0.1, 0.15) is 5.60 Å². The summed E-state index contributed by atoms with van der Waals surface area (Å²) >= 11 is 8.06. The summed E-state index contributed by atoms with van der Waals surface area (Å²) in [6.45, 7) is 6.02. The van der Waals surface area contributed by atoms with Crippen LogP contribution in [0.4, 0.5) is 0 Å². The van der Waals surface area contributed by atoms with E-state index in [1.54, 1.807) is 0 Å². The molecule has 0 bridgehead atoms. The zero-order valence-electron chi connectivity index (χ0n) is 15.2. The van der Waals surface area contributed by atoms with Crippen LogP contribution in [0.15, 0.2) is 7.57 Å². The van der Waals surface area contributed by atoms with Crippen LogP contribution < -0.4 is 0 Å². The molecule has 0 saturated heterocycles. The van der Waals surface area contributed by atoms with Crippen LogP contribution in [-0.2, 0) is 9.53 Å². The van der Waals surface area contributed by atoms with E-state index < -0.39 is 5.60 Å². The molecule has 0 saturated carbocycles. The molecule has 1 aromatic heterocycles. The van der Waals surface area contributed by atoms with Gasteiger partial charge in [0.05, 0.1) is 18.7 Å². The lowest BCUT2D eigenvalue weighted by molar-refractivity contribution is -0.154. The minimum absolute atomic E-state index is 0.159. The van der Waals surface area contributed by atoms with E-state index in [1.165, 1.54) is 16.2 Å². The molecule has 0 atom stereocenters. The highest BCUT2D eigenvalue weighted by molar-refractivity contribution is 9.12. The van der Waals surface area contributed by atoms with Crippen LogP contribution in [0.5, 0.6) is 0 Å². The van der Waals surface area contributed by atoms with Gasteiger partial charge in [-0.2, -0.15) is 0 Å². The number of unbranched alkanes of at least 4 members (excludes halogenated alkanes) is 4. The monoisotopic (exact) mass is 507 g/mol. The van der Waals surface area contributed by atoms with Crippen molar-refractivity contribution >= 4 is 61.0 Å². The van der Waals surface area contributed by atoms with Gasteiger partial charge in [-0.25, -0.2) is 0 Å². The van der Waals surface area contributed by atoms with Gasteiger partial charge in [0, 0.05) is 13.0 Å². The molecule has 0 radical (unpaired) electrons. The van der Waals surface area contributed by atoms with Gasteiger partial charge in [-0.05, 0) is 65.5 Å². The Morgan fingerprint density at radius 2 is 1.46 bits per heavy atom. The topological polar surface area (TPSA) is 63.7 Å². The van der Waals surface area contributed by atoms with E-state index in [-0.39, 0.29) is 17.8 Å². The van der Waals surface area contributed by atoms with Crippen molar-refractivity contribution in [3.63, 3.8) is 0 Å². The van der Waals surface area contributed by atoms with E-state index in [0.717, 1.165) is 32.1 Å². The van der Waals surface area contributed by atoms with Gasteiger partial charge in [-0.15, -0.1) is 11.3 Å². The lowest BCUT2D eigenvalue weighted by Gasteiger charge is -2.19. The highest BCUT2D eigenvalue weighted by atomic mass is 79.9. The summed E-state index contributed by atoms with van der Waals surface area (Å²) in [6, 6.07) is 0.